The van der Waals surface area contributed by atoms with Crippen molar-refractivity contribution in [2.45, 2.75) is 19.0 Å². The van der Waals surface area contributed by atoms with Crippen molar-refractivity contribution >= 4 is 5.91 Å². The van der Waals surface area contributed by atoms with E-state index in [2.05, 4.69) is 35.3 Å². The van der Waals surface area contributed by atoms with Crippen LogP contribution in [-0.2, 0) is 17.9 Å². The van der Waals surface area contributed by atoms with E-state index in [1.165, 1.54) is 16.7 Å². The zero-order valence-electron chi connectivity index (χ0n) is 14.2. The van der Waals surface area contributed by atoms with Crippen LogP contribution in [0.2, 0.25) is 0 Å². The number of nitrogens with zero attached hydrogens (tertiary/aromatic N) is 4. The smallest absolute Gasteiger partial charge is 0.242 e. The zero-order valence-corrected chi connectivity index (χ0v) is 14.2. The van der Waals surface area contributed by atoms with Gasteiger partial charge in [0.15, 0.2) is 0 Å². The summed E-state index contributed by atoms with van der Waals surface area (Å²) in [7, 11) is 0. The molecule has 3 aromatic rings. The number of amides is 1. The number of fused-ring (bicyclic) bond motifs is 1. The second-order valence-electron chi connectivity index (χ2n) is 6.43. The van der Waals surface area contributed by atoms with E-state index >= 15 is 0 Å². The van der Waals surface area contributed by atoms with E-state index in [-0.39, 0.29) is 24.2 Å². The highest BCUT2D eigenvalue weighted by atomic mass is 16.2. The van der Waals surface area contributed by atoms with Crippen molar-refractivity contribution in [1.29, 1.82) is 5.26 Å². The largest absolute Gasteiger partial charge is 0.336 e. The summed E-state index contributed by atoms with van der Waals surface area (Å²) in [5, 5.41) is 9.09. The number of carbonyl (C=O) groups is 1. The Morgan fingerprint density at radius 3 is 2.73 bits per heavy atom. The molecule has 0 spiro atoms. The molecule has 1 aliphatic rings. The molecule has 1 atom stereocenters. The fourth-order valence-corrected chi connectivity index (χ4v) is 3.56. The molecule has 0 fully saturated rings. The first-order valence-corrected chi connectivity index (χ1v) is 8.58. The van der Waals surface area contributed by atoms with Gasteiger partial charge < -0.3 is 9.47 Å². The predicted molar refractivity (Wildman–Crippen MR) is 97.1 cm³/mol. The molecule has 0 aliphatic carbocycles. The minimum atomic E-state index is -0.00469. The van der Waals surface area contributed by atoms with Gasteiger partial charge in [0.2, 0.25) is 11.7 Å². The van der Waals surface area contributed by atoms with Crippen molar-refractivity contribution < 1.29 is 4.79 Å². The highest BCUT2D eigenvalue weighted by Gasteiger charge is 2.29. The van der Waals surface area contributed by atoms with Crippen LogP contribution in [0.3, 0.4) is 0 Å². The Bertz CT molecular complexity index is 971. The molecule has 0 saturated carbocycles. The standard InChI is InChI=1S/C21H18N4O/c22-12-20-23-10-11-24(20)15-21(26)25-13-17-8-4-5-9-18(17)19(14-25)16-6-2-1-3-7-16/h1-11,19H,13-15H2. The van der Waals surface area contributed by atoms with Crippen molar-refractivity contribution in [2.75, 3.05) is 6.54 Å². The number of carbonyl (C=O) groups excluding carboxylic acids is 1. The number of imidazole rings is 1. The van der Waals surface area contributed by atoms with Crippen molar-refractivity contribution in [3.8, 4) is 6.07 Å². The summed E-state index contributed by atoms with van der Waals surface area (Å²) >= 11 is 0. The molecule has 1 unspecified atom stereocenters. The lowest BCUT2D eigenvalue weighted by molar-refractivity contribution is -0.133. The molecule has 0 radical (unpaired) electrons. The van der Waals surface area contributed by atoms with Gasteiger partial charge >= 0.3 is 0 Å². The van der Waals surface area contributed by atoms with Crippen LogP contribution in [0, 0.1) is 11.3 Å². The number of hydrogen-bond acceptors (Lipinski definition) is 3. The Morgan fingerprint density at radius 1 is 1.15 bits per heavy atom. The van der Waals surface area contributed by atoms with Gasteiger partial charge in [0.25, 0.3) is 0 Å². The van der Waals surface area contributed by atoms with Crippen LogP contribution in [0.25, 0.3) is 0 Å². The fraction of sp³-hybridized carbons (Fsp3) is 0.190. The maximum Gasteiger partial charge on any atom is 0.242 e. The van der Waals surface area contributed by atoms with E-state index in [0.29, 0.717) is 13.1 Å². The van der Waals surface area contributed by atoms with E-state index in [9.17, 15) is 4.79 Å². The van der Waals surface area contributed by atoms with Gasteiger partial charge in [-0.3, -0.25) is 4.79 Å². The third-order valence-electron chi connectivity index (χ3n) is 4.87. The molecule has 2 aromatic carbocycles. The summed E-state index contributed by atoms with van der Waals surface area (Å²) in [6.45, 7) is 1.36. The number of nitriles is 1. The molecule has 1 aromatic heterocycles. The van der Waals surface area contributed by atoms with Gasteiger partial charge in [-0.05, 0) is 16.7 Å². The topological polar surface area (TPSA) is 61.9 Å². The van der Waals surface area contributed by atoms with Gasteiger partial charge in [0.1, 0.15) is 12.6 Å². The maximum absolute atomic E-state index is 12.9. The third kappa shape index (κ3) is 2.98. The van der Waals surface area contributed by atoms with Crippen LogP contribution in [-0.4, -0.2) is 26.9 Å². The molecule has 0 N–H and O–H groups in total. The minimum Gasteiger partial charge on any atom is -0.336 e. The van der Waals surface area contributed by atoms with E-state index in [4.69, 9.17) is 5.26 Å². The molecule has 1 amide bonds. The van der Waals surface area contributed by atoms with Crippen LogP contribution in [0.15, 0.2) is 67.0 Å². The number of hydrogen-bond donors (Lipinski definition) is 0. The zero-order chi connectivity index (χ0) is 17.9. The average molecular weight is 342 g/mol. The molecule has 0 bridgehead atoms. The van der Waals surface area contributed by atoms with Crippen LogP contribution < -0.4 is 0 Å². The van der Waals surface area contributed by atoms with Gasteiger partial charge in [-0.1, -0.05) is 54.6 Å². The normalized spacial score (nSPS) is 16.0. The van der Waals surface area contributed by atoms with E-state index in [1.807, 2.05) is 35.2 Å². The van der Waals surface area contributed by atoms with E-state index < -0.39 is 0 Å². The monoisotopic (exact) mass is 342 g/mol. The van der Waals surface area contributed by atoms with Gasteiger partial charge in [-0.25, -0.2) is 4.98 Å². The first-order chi connectivity index (χ1) is 12.8. The Kier molecular flexibility index (Phi) is 4.24. The molecule has 5 heteroatoms. The number of benzene rings is 2. The molecule has 0 saturated heterocycles. The Morgan fingerprint density at radius 2 is 1.92 bits per heavy atom. The van der Waals surface area contributed by atoms with Crippen LogP contribution in [0.5, 0.6) is 0 Å². The van der Waals surface area contributed by atoms with Crippen molar-refractivity contribution in [3.05, 3.63) is 89.5 Å². The number of aromatic nitrogens is 2. The van der Waals surface area contributed by atoms with Crippen molar-refractivity contribution in [3.63, 3.8) is 0 Å². The van der Waals surface area contributed by atoms with Gasteiger partial charge in [0.05, 0.1) is 0 Å². The Balaban J connectivity index is 1.63. The summed E-state index contributed by atoms with van der Waals surface area (Å²) in [4.78, 5) is 18.7. The summed E-state index contributed by atoms with van der Waals surface area (Å²) in [6.07, 6.45) is 3.22. The van der Waals surface area contributed by atoms with Crippen LogP contribution >= 0.6 is 0 Å². The molecular formula is C21H18N4O. The summed E-state index contributed by atoms with van der Waals surface area (Å²) < 4.78 is 1.60. The first-order valence-electron chi connectivity index (χ1n) is 8.58. The average Bonchev–Trinajstić information content (AvgIpc) is 3.15. The maximum atomic E-state index is 12.9. The number of rotatable bonds is 3. The molecule has 4 rings (SSSR count). The summed E-state index contributed by atoms with van der Waals surface area (Å²) in [5.74, 6) is 0.411. The second-order valence-corrected chi connectivity index (χ2v) is 6.43. The van der Waals surface area contributed by atoms with Crippen LogP contribution in [0.4, 0.5) is 0 Å². The van der Waals surface area contributed by atoms with Crippen molar-refractivity contribution in [1.82, 2.24) is 14.5 Å². The lowest BCUT2D eigenvalue weighted by Gasteiger charge is -2.35. The van der Waals surface area contributed by atoms with E-state index in [1.54, 1.807) is 17.0 Å². The lowest BCUT2D eigenvalue weighted by atomic mass is 9.84. The van der Waals surface area contributed by atoms with E-state index in [0.717, 1.165) is 0 Å². The van der Waals surface area contributed by atoms with Crippen molar-refractivity contribution in [2.24, 2.45) is 0 Å². The SMILES string of the molecule is N#Cc1nccn1CC(=O)N1Cc2ccccc2C(c2ccccc2)C1. The molecule has 128 valence electrons. The molecular weight excluding hydrogens is 324 g/mol. The third-order valence-corrected chi connectivity index (χ3v) is 4.87. The quantitative estimate of drug-likeness (QED) is 0.735. The minimum absolute atomic E-state index is 0.00469. The predicted octanol–water partition coefficient (Wildman–Crippen LogP) is 2.93. The lowest BCUT2D eigenvalue weighted by Crippen LogP contribution is -2.40. The highest BCUT2D eigenvalue weighted by molar-refractivity contribution is 5.77. The summed E-state index contributed by atoms with van der Waals surface area (Å²) in [6, 6.07) is 20.6. The molecule has 5 nitrogen and oxygen atoms in total. The fourth-order valence-electron chi connectivity index (χ4n) is 3.56. The Labute approximate surface area is 152 Å². The van der Waals surface area contributed by atoms with Crippen LogP contribution in [0.1, 0.15) is 28.4 Å². The summed E-state index contributed by atoms with van der Waals surface area (Å²) in [5.41, 5.74) is 3.66. The molecule has 2 heterocycles. The second kappa shape index (κ2) is 6.85. The van der Waals surface area contributed by atoms with Gasteiger partial charge in [-0.2, -0.15) is 5.26 Å². The van der Waals surface area contributed by atoms with Gasteiger partial charge in [0, 0.05) is 31.4 Å². The first kappa shape index (κ1) is 16.1. The molecule has 26 heavy (non-hydrogen) atoms. The Hall–Kier alpha value is -3.39. The molecule has 1 aliphatic heterocycles. The van der Waals surface area contributed by atoms with Gasteiger partial charge in [-0.15, -0.1) is 0 Å². The highest BCUT2D eigenvalue weighted by Crippen LogP contribution is 2.33.